The third-order valence-corrected chi connectivity index (χ3v) is 5.37. The third-order valence-electron chi connectivity index (χ3n) is 3.39. The molecule has 7 heteroatoms. The van der Waals surface area contributed by atoms with Crippen LogP contribution >= 0.6 is 11.6 Å². The van der Waals surface area contributed by atoms with Gasteiger partial charge in [0.05, 0.1) is 12.7 Å². The van der Waals surface area contributed by atoms with E-state index in [1.165, 1.54) is 6.20 Å². The molecule has 1 saturated heterocycles. The molecule has 0 spiro atoms. The van der Waals surface area contributed by atoms with Gasteiger partial charge in [-0.25, -0.2) is 8.42 Å². The summed E-state index contributed by atoms with van der Waals surface area (Å²) < 4.78 is 27.8. The van der Waals surface area contributed by atoms with Crippen LogP contribution in [0.1, 0.15) is 19.8 Å². The summed E-state index contributed by atoms with van der Waals surface area (Å²) in [5.74, 6) is 0.903. The van der Waals surface area contributed by atoms with Gasteiger partial charge in [0.2, 0.25) is 10.0 Å². The van der Waals surface area contributed by atoms with Gasteiger partial charge in [-0.3, -0.25) is 4.68 Å². The SMILES string of the molecule is CCC1CCN(S(=O)(=O)c2cnn(CCCl)c2)C1. The average molecular weight is 292 g/mol. The first-order chi connectivity index (χ1) is 8.57. The smallest absolute Gasteiger partial charge is 0.246 e. The number of rotatable bonds is 5. The van der Waals surface area contributed by atoms with Gasteiger partial charge >= 0.3 is 0 Å². The summed E-state index contributed by atoms with van der Waals surface area (Å²) in [6.07, 6.45) is 4.93. The fourth-order valence-electron chi connectivity index (χ4n) is 2.18. The number of nitrogens with zero attached hydrogens (tertiary/aromatic N) is 3. The predicted octanol–water partition coefficient (Wildman–Crippen LogP) is 1.54. The van der Waals surface area contributed by atoms with E-state index in [4.69, 9.17) is 11.6 Å². The molecule has 1 fully saturated rings. The van der Waals surface area contributed by atoms with Crippen LogP contribution in [-0.4, -0.2) is 41.5 Å². The number of alkyl halides is 1. The number of hydrogen-bond donors (Lipinski definition) is 0. The summed E-state index contributed by atoms with van der Waals surface area (Å²) in [5, 5.41) is 4.01. The summed E-state index contributed by atoms with van der Waals surface area (Å²) >= 11 is 5.60. The molecular formula is C11H18ClN3O2S. The van der Waals surface area contributed by atoms with Crippen LogP contribution in [-0.2, 0) is 16.6 Å². The van der Waals surface area contributed by atoms with E-state index in [1.807, 2.05) is 0 Å². The van der Waals surface area contributed by atoms with Gasteiger partial charge in [0, 0.05) is 25.2 Å². The molecule has 18 heavy (non-hydrogen) atoms. The quantitative estimate of drug-likeness (QED) is 0.773. The van der Waals surface area contributed by atoms with Gasteiger partial charge in [-0.1, -0.05) is 13.3 Å². The second-order valence-corrected chi connectivity index (χ2v) is 6.87. The zero-order valence-corrected chi connectivity index (χ0v) is 12.0. The Kier molecular flexibility index (Phi) is 4.29. The minimum atomic E-state index is -3.37. The minimum absolute atomic E-state index is 0.268. The highest BCUT2D eigenvalue weighted by molar-refractivity contribution is 7.89. The van der Waals surface area contributed by atoms with Gasteiger partial charge < -0.3 is 0 Å². The van der Waals surface area contributed by atoms with E-state index in [9.17, 15) is 8.42 Å². The van der Waals surface area contributed by atoms with Gasteiger partial charge in [0.25, 0.3) is 0 Å². The highest BCUT2D eigenvalue weighted by atomic mass is 35.5. The first-order valence-electron chi connectivity index (χ1n) is 6.16. The van der Waals surface area contributed by atoms with Crippen LogP contribution in [0.5, 0.6) is 0 Å². The van der Waals surface area contributed by atoms with Crippen LogP contribution in [0.2, 0.25) is 0 Å². The first-order valence-corrected chi connectivity index (χ1v) is 8.14. The van der Waals surface area contributed by atoms with Crippen molar-refractivity contribution in [1.82, 2.24) is 14.1 Å². The lowest BCUT2D eigenvalue weighted by atomic mass is 10.1. The molecule has 0 bridgehead atoms. The van der Waals surface area contributed by atoms with Crippen molar-refractivity contribution in [3.63, 3.8) is 0 Å². The Hall–Kier alpha value is -0.590. The minimum Gasteiger partial charge on any atom is -0.270 e. The third kappa shape index (κ3) is 2.70. The summed E-state index contributed by atoms with van der Waals surface area (Å²) in [7, 11) is -3.37. The van der Waals surface area contributed by atoms with Crippen molar-refractivity contribution in [1.29, 1.82) is 0 Å². The van der Waals surface area contributed by atoms with Crippen LogP contribution < -0.4 is 0 Å². The standard InChI is InChI=1S/C11H18ClN3O2S/c1-2-10-3-5-15(8-10)18(16,17)11-7-13-14(9-11)6-4-12/h7,9-10H,2-6,8H2,1H3. The highest BCUT2D eigenvalue weighted by Crippen LogP contribution is 2.25. The van der Waals surface area contributed by atoms with Crippen LogP contribution in [0.25, 0.3) is 0 Å². The lowest BCUT2D eigenvalue weighted by molar-refractivity contribution is 0.453. The number of hydrogen-bond acceptors (Lipinski definition) is 3. The molecule has 1 aromatic rings. The van der Waals surface area contributed by atoms with E-state index in [0.717, 1.165) is 12.8 Å². The molecule has 0 aliphatic carbocycles. The highest BCUT2D eigenvalue weighted by Gasteiger charge is 2.32. The van der Waals surface area contributed by atoms with Gasteiger partial charge in [-0.2, -0.15) is 9.40 Å². The molecule has 0 amide bonds. The number of aryl methyl sites for hydroxylation is 1. The van der Waals surface area contributed by atoms with E-state index in [0.29, 0.717) is 31.4 Å². The number of aromatic nitrogens is 2. The summed E-state index contributed by atoms with van der Waals surface area (Å²) in [6.45, 7) is 3.86. The Bertz CT molecular complexity index is 500. The average Bonchev–Trinajstić information content (AvgIpc) is 2.98. The zero-order valence-electron chi connectivity index (χ0n) is 10.4. The summed E-state index contributed by atoms with van der Waals surface area (Å²) in [5.41, 5.74) is 0. The topological polar surface area (TPSA) is 55.2 Å². The monoisotopic (exact) mass is 291 g/mol. The maximum atomic E-state index is 12.4. The van der Waals surface area contributed by atoms with Crippen LogP contribution in [0.4, 0.5) is 0 Å². The van der Waals surface area contributed by atoms with Crippen molar-refractivity contribution in [3.8, 4) is 0 Å². The molecule has 0 aromatic carbocycles. The Morgan fingerprint density at radius 2 is 2.33 bits per heavy atom. The molecule has 1 aliphatic heterocycles. The molecule has 0 saturated carbocycles. The molecule has 2 heterocycles. The van der Waals surface area contributed by atoms with E-state index in [1.54, 1.807) is 15.2 Å². The zero-order chi connectivity index (χ0) is 13.2. The molecule has 1 aromatic heterocycles. The molecule has 0 radical (unpaired) electrons. The molecular weight excluding hydrogens is 274 g/mol. The Labute approximate surface area is 113 Å². The molecule has 1 aliphatic rings. The fraction of sp³-hybridized carbons (Fsp3) is 0.727. The molecule has 5 nitrogen and oxygen atoms in total. The van der Waals surface area contributed by atoms with E-state index in [-0.39, 0.29) is 4.90 Å². The molecule has 1 atom stereocenters. The van der Waals surface area contributed by atoms with Gasteiger partial charge in [-0.05, 0) is 12.3 Å². The largest absolute Gasteiger partial charge is 0.270 e. The summed E-state index contributed by atoms with van der Waals surface area (Å²) in [4.78, 5) is 0.268. The predicted molar refractivity (Wildman–Crippen MR) is 70.1 cm³/mol. The van der Waals surface area contributed by atoms with Gasteiger partial charge in [0.15, 0.2) is 0 Å². The first kappa shape index (κ1) is 13.8. The van der Waals surface area contributed by atoms with Crippen molar-refractivity contribution in [2.75, 3.05) is 19.0 Å². The number of sulfonamides is 1. The maximum Gasteiger partial charge on any atom is 0.246 e. The Morgan fingerprint density at radius 3 is 2.94 bits per heavy atom. The molecule has 1 unspecified atom stereocenters. The Balaban J connectivity index is 2.15. The van der Waals surface area contributed by atoms with Crippen molar-refractivity contribution in [2.24, 2.45) is 5.92 Å². The molecule has 2 rings (SSSR count). The maximum absolute atomic E-state index is 12.4. The van der Waals surface area contributed by atoms with E-state index >= 15 is 0 Å². The van der Waals surface area contributed by atoms with Crippen molar-refractivity contribution >= 4 is 21.6 Å². The van der Waals surface area contributed by atoms with Crippen molar-refractivity contribution in [2.45, 2.75) is 31.2 Å². The Morgan fingerprint density at radius 1 is 1.56 bits per heavy atom. The summed E-state index contributed by atoms with van der Waals surface area (Å²) in [6, 6.07) is 0. The van der Waals surface area contributed by atoms with Crippen LogP contribution in [0.3, 0.4) is 0 Å². The van der Waals surface area contributed by atoms with Crippen LogP contribution in [0.15, 0.2) is 17.3 Å². The van der Waals surface area contributed by atoms with E-state index < -0.39 is 10.0 Å². The van der Waals surface area contributed by atoms with Crippen molar-refractivity contribution in [3.05, 3.63) is 12.4 Å². The van der Waals surface area contributed by atoms with Crippen LogP contribution in [0, 0.1) is 5.92 Å². The molecule has 102 valence electrons. The van der Waals surface area contributed by atoms with Crippen molar-refractivity contribution < 1.29 is 8.42 Å². The lowest BCUT2D eigenvalue weighted by Gasteiger charge is -2.14. The van der Waals surface area contributed by atoms with Gasteiger partial charge in [-0.15, -0.1) is 11.6 Å². The fourth-order valence-corrected chi connectivity index (χ4v) is 3.84. The second kappa shape index (κ2) is 5.59. The van der Waals surface area contributed by atoms with E-state index in [2.05, 4.69) is 12.0 Å². The second-order valence-electron chi connectivity index (χ2n) is 4.55. The molecule has 0 N–H and O–H groups in total. The lowest BCUT2D eigenvalue weighted by Crippen LogP contribution is -2.28. The normalized spacial score (nSPS) is 21.6. The number of halogens is 1. The van der Waals surface area contributed by atoms with Gasteiger partial charge in [0.1, 0.15) is 4.90 Å².